The lowest BCUT2D eigenvalue weighted by Crippen LogP contribution is -2.47. The molecule has 1 atom stereocenters. The van der Waals surface area contributed by atoms with Gasteiger partial charge >= 0.3 is 0 Å². The molecule has 23 heavy (non-hydrogen) atoms. The van der Waals surface area contributed by atoms with E-state index < -0.39 is 10.0 Å². The van der Waals surface area contributed by atoms with Gasteiger partial charge in [0.15, 0.2) is 0 Å². The molecule has 0 spiro atoms. The molecule has 1 fully saturated rings. The maximum atomic E-state index is 12.4. The number of rotatable bonds is 3. The van der Waals surface area contributed by atoms with Crippen molar-refractivity contribution < 1.29 is 13.2 Å². The fourth-order valence-corrected chi connectivity index (χ4v) is 4.35. The smallest absolute Gasteiger partial charge is 0.223 e. The average molecular weight is 340 g/mol. The molecule has 1 aromatic rings. The summed E-state index contributed by atoms with van der Waals surface area (Å²) in [5.41, 5.74) is 1.01. The third-order valence-corrected chi connectivity index (χ3v) is 6.06. The zero-order valence-corrected chi connectivity index (χ0v) is 14.5. The van der Waals surface area contributed by atoms with Gasteiger partial charge in [-0.25, -0.2) is 17.7 Å². The molecule has 2 aliphatic rings. The molecule has 1 amide bonds. The van der Waals surface area contributed by atoms with E-state index in [2.05, 4.69) is 14.9 Å². The van der Waals surface area contributed by atoms with Crippen LogP contribution in [0.15, 0.2) is 6.20 Å². The number of carbonyl (C=O) groups excluding carboxylic acids is 1. The Morgan fingerprint density at radius 3 is 2.65 bits per heavy atom. The first-order valence-corrected chi connectivity index (χ1v) is 9.96. The van der Waals surface area contributed by atoms with Crippen LogP contribution in [-0.4, -0.2) is 53.6 Å². The van der Waals surface area contributed by atoms with E-state index in [0.29, 0.717) is 25.9 Å². The minimum Gasteiger partial charge on any atom is -0.351 e. The summed E-state index contributed by atoms with van der Waals surface area (Å²) in [5, 5.41) is 3.14. The topological polar surface area (TPSA) is 84.3 Å². The van der Waals surface area contributed by atoms with Crippen molar-refractivity contribution in [3.63, 3.8) is 0 Å². The summed E-state index contributed by atoms with van der Waals surface area (Å²) in [6, 6.07) is 0.136. The summed E-state index contributed by atoms with van der Waals surface area (Å²) in [7, 11) is -3.14. The summed E-state index contributed by atoms with van der Waals surface area (Å²) >= 11 is 0. The van der Waals surface area contributed by atoms with Crippen LogP contribution < -0.4 is 5.32 Å². The van der Waals surface area contributed by atoms with Crippen LogP contribution in [0.25, 0.3) is 0 Å². The van der Waals surface area contributed by atoms with Crippen molar-refractivity contribution in [3.8, 4) is 0 Å². The van der Waals surface area contributed by atoms with E-state index in [0.717, 1.165) is 30.9 Å². The van der Waals surface area contributed by atoms with Gasteiger partial charge in [-0.2, -0.15) is 0 Å². The Morgan fingerprint density at radius 1 is 1.30 bits per heavy atom. The van der Waals surface area contributed by atoms with E-state index in [-0.39, 0.29) is 17.9 Å². The minimum atomic E-state index is -3.14. The molecule has 128 valence electrons. The normalized spacial score (nSPS) is 23.5. The first-order valence-electron chi connectivity index (χ1n) is 8.11. The average Bonchev–Trinajstić information content (AvgIpc) is 2.86. The highest BCUT2D eigenvalue weighted by molar-refractivity contribution is 7.88. The molecule has 1 aromatic heterocycles. The van der Waals surface area contributed by atoms with Gasteiger partial charge in [0.2, 0.25) is 15.9 Å². The van der Waals surface area contributed by atoms with Crippen LogP contribution >= 0.6 is 0 Å². The number of nitrogens with zero attached hydrogens (tertiary/aromatic N) is 3. The van der Waals surface area contributed by atoms with Gasteiger partial charge in [0.25, 0.3) is 0 Å². The predicted octanol–water partition coefficient (Wildman–Crippen LogP) is 0.294. The van der Waals surface area contributed by atoms with Crippen molar-refractivity contribution >= 4 is 15.9 Å². The summed E-state index contributed by atoms with van der Waals surface area (Å²) in [5.74, 6) is 1.07. The van der Waals surface area contributed by atoms with Crippen LogP contribution in [0.5, 0.6) is 0 Å². The van der Waals surface area contributed by atoms with Crippen molar-refractivity contribution in [2.24, 2.45) is 5.92 Å². The van der Waals surface area contributed by atoms with Gasteiger partial charge < -0.3 is 9.88 Å². The second-order valence-electron chi connectivity index (χ2n) is 6.63. The van der Waals surface area contributed by atoms with E-state index in [1.165, 1.54) is 10.6 Å². The van der Waals surface area contributed by atoms with Gasteiger partial charge in [-0.05, 0) is 26.2 Å². The molecule has 0 aromatic carbocycles. The van der Waals surface area contributed by atoms with Crippen LogP contribution in [0, 0.1) is 12.8 Å². The molecule has 7 nitrogen and oxygen atoms in total. The summed E-state index contributed by atoms with van der Waals surface area (Å²) in [6.07, 6.45) is 6.23. The van der Waals surface area contributed by atoms with Crippen molar-refractivity contribution in [2.45, 2.75) is 45.2 Å². The van der Waals surface area contributed by atoms with Crippen LogP contribution in [0.3, 0.4) is 0 Å². The number of piperidine rings is 1. The number of hydrogen-bond acceptors (Lipinski definition) is 4. The van der Waals surface area contributed by atoms with Crippen molar-refractivity contribution in [3.05, 3.63) is 17.7 Å². The monoisotopic (exact) mass is 340 g/mol. The third kappa shape index (κ3) is 3.74. The van der Waals surface area contributed by atoms with Gasteiger partial charge in [-0.15, -0.1) is 0 Å². The Kier molecular flexibility index (Phi) is 4.46. The lowest BCUT2D eigenvalue weighted by atomic mass is 9.96. The van der Waals surface area contributed by atoms with Crippen LogP contribution in [-0.2, 0) is 27.8 Å². The lowest BCUT2D eigenvalue weighted by molar-refractivity contribution is -0.127. The number of aryl methyl sites for hydroxylation is 2. The second kappa shape index (κ2) is 6.24. The highest BCUT2D eigenvalue weighted by Gasteiger charge is 2.30. The number of aromatic nitrogens is 2. The zero-order chi connectivity index (χ0) is 16.6. The van der Waals surface area contributed by atoms with Crippen molar-refractivity contribution in [2.75, 3.05) is 19.3 Å². The van der Waals surface area contributed by atoms with E-state index in [1.54, 1.807) is 0 Å². The molecule has 0 unspecified atom stereocenters. The molecule has 2 aliphatic heterocycles. The van der Waals surface area contributed by atoms with Crippen LogP contribution in [0.1, 0.15) is 30.8 Å². The molecule has 0 bridgehead atoms. The maximum absolute atomic E-state index is 12.4. The molecule has 3 heterocycles. The summed E-state index contributed by atoms with van der Waals surface area (Å²) < 4.78 is 26.6. The quantitative estimate of drug-likeness (QED) is 0.857. The fourth-order valence-electron chi connectivity index (χ4n) is 3.47. The molecular formula is C15H24N4O3S. The number of carbonyl (C=O) groups is 1. The lowest BCUT2D eigenvalue weighted by Gasteiger charge is -2.31. The Labute approximate surface area is 137 Å². The van der Waals surface area contributed by atoms with Crippen molar-refractivity contribution in [1.29, 1.82) is 0 Å². The minimum absolute atomic E-state index is 0.0587. The van der Waals surface area contributed by atoms with E-state index >= 15 is 0 Å². The van der Waals surface area contributed by atoms with Gasteiger partial charge in [0, 0.05) is 44.2 Å². The SMILES string of the molecule is Cc1cn2c(n1)CC[C@@H](NC(=O)C1CCN(S(C)(=O)=O)CC1)C2. The Morgan fingerprint density at radius 2 is 2.00 bits per heavy atom. The fraction of sp³-hybridized carbons (Fsp3) is 0.733. The molecule has 0 radical (unpaired) electrons. The first-order chi connectivity index (χ1) is 10.8. The molecule has 1 saturated heterocycles. The van der Waals surface area contributed by atoms with Gasteiger partial charge in [-0.3, -0.25) is 4.79 Å². The number of fused-ring (bicyclic) bond motifs is 1. The number of hydrogen-bond donors (Lipinski definition) is 1. The predicted molar refractivity (Wildman–Crippen MR) is 86.4 cm³/mol. The summed E-state index contributed by atoms with van der Waals surface area (Å²) in [6.45, 7) is 3.62. The van der Waals surface area contributed by atoms with E-state index in [9.17, 15) is 13.2 Å². The largest absolute Gasteiger partial charge is 0.351 e. The van der Waals surface area contributed by atoms with Gasteiger partial charge in [-0.1, -0.05) is 0 Å². The molecule has 3 rings (SSSR count). The number of sulfonamides is 1. The molecule has 0 saturated carbocycles. The zero-order valence-electron chi connectivity index (χ0n) is 13.7. The molecule has 1 N–H and O–H groups in total. The van der Waals surface area contributed by atoms with Crippen LogP contribution in [0.4, 0.5) is 0 Å². The number of imidazole rings is 1. The number of nitrogens with one attached hydrogen (secondary N) is 1. The first kappa shape index (κ1) is 16.4. The summed E-state index contributed by atoms with van der Waals surface area (Å²) in [4.78, 5) is 16.9. The highest BCUT2D eigenvalue weighted by atomic mass is 32.2. The third-order valence-electron chi connectivity index (χ3n) is 4.75. The van der Waals surface area contributed by atoms with E-state index in [1.807, 2.05) is 13.1 Å². The second-order valence-corrected chi connectivity index (χ2v) is 8.61. The van der Waals surface area contributed by atoms with Crippen LogP contribution in [0.2, 0.25) is 0 Å². The Balaban J connectivity index is 1.53. The van der Waals surface area contributed by atoms with Gasteiger partial charge in [0.05, 0.1) is 11.9 Å². The maximum Gasteiger partial charge on any atom is 0.223 e. The Hall–Kier alpha value is -1.41. The Bertz CT molecular complexity index is 690. The standard InChI is InChI=1S/C15H24N4O3S/c1-11-9-18-10-13(3-4-14(18)16-11)17-15(20)12-5-7-19(8-6-12)23(2,21)22/h9,12-13H,3-8,10H2,1-2H3,(H,17,20)/t13-/m1/s1. The molecule has 0 aliphatic carbocycles. The molecular weight excluding hydrogens is 316 g/mol. The number of amides is 1. The van der Waals surface area contributed by atoms with E-state index in [4.69, 9.17) is 0 Å². The van der Waals surface area contributed by atoms with Crippen molar-refractivity contribution in [1.82, 2.24) is 19.2 Å². The molecule has 8 heteroatoms. The van der Waals surface area contributed by atoms with Gasteiger partial charge in [0.1, 0.15) is 5.82 Å². The highest BCUT2D eigenvalue weighted by Crippen LogP contribution is 2.21.